The average molecular weight is 399 g/mol. The van der Waals surface area contributed by atoms with Crippen LogP contribution in [0.4, 0.5) is 0 Å². The summed E-state index contributed by atoms with van der Waals surface area (Å²) in [7, 11) is -1.99. The molecule has 1 amide bonds. The van der Waals surface area contributed by atoms with Crippen LogP contribution in [0.25, 0.3) is 0 Å². The van der Waals surface area contributed by atoms with Crippen LogP contribution in [-0.4, -0.2) is 52.9 Å². The largest absolute Gasteiger partial charge is 0.493 e. The van der Waals surface area contributed by atoms with E-state index < -0.39 is 10.0 Å². The fourth-order valence-electron chi connectivity index (χ4n) is 2.24. The van der Waals surface area contributed by atoms with Crippen LogP contribution in [0, 0.1) is 0 Å². The molecule has 0 saturated carbocycles. The van der Waals surface area contributed by atoms with Crippen molar-refractivity contribution in [3.8, 4) is 5.75 Å². The number of amidine groups is 1. The molecule has 0 heterocycles. The molecular formula is C18H30N4O4S. The lowest BCUT2D eigenvalue weighted by molar-refractivity contribution is -0.118. The van der Waals surface area contributed by atoms with Gasteiger partial charge in [-0.05, 0) is 45.5 Å². The van der Waals surface area contributed by atoms with Gasteiger partial charge in [-0.15, -0.1) is 0 Å². The highest BCUT2D eigenvalue weighted by molar-refractivity contribution is 7.89. The van der Waals surface area contributed by atoms with Gasteiger partial charge in [-0.2, -0.15) is 0 Å². The number of likely N-dealkylation sites (N-methyl/N-ethyl adjacent to an activating group) is 1. The van der Waals surface area contributed by atoms with Crippen molar-refractivity contribution < 1.29 is 17.9 Å². The highest BCUT2D eigenvalue weighted by atomic mass is 32.2. The molecule has 0 unspecified atom stereocenters. The number of carbonyl (C=O) groups excluding carboxylic acids is 1. The summed E-state index contributed by atoms with van der Waals surface area (Å²) in [6.45, 7) is 8.27. The van der Waals surface area contributed by atoms with Gasteiger partial charge in [-0.3, -0.25) is 9.79 Å². The monoisotopic (exact) mass is 398 g/mol. The molecule has 0 saturated heterocycles. The lowest BCUT2D eigenvalue weighted by Crippen LogP contribution is -2.38. The third-order valence-corrected chi connectivity index (χ3v) is 4.84. The second-order valence-electron chi connectivity index (χ2n) is 6.16. The van der Waals surface area contributed by atoms with Crippen molar-refractivity contribution in [2.24, 2.45) is 4.99 Å². The molecular weight excluding hydrogens is 368 g/mol. The first kappa shape index (κ1) is 23.1. The van der Waals surface area contributed by atoms with Crippen LogP contribution in [0.15, 0.2) is 28.1 Å². The van der Waals surface area contributed by atoms with E-state index in [0.29, 0.717) is 17.9 Å². The number of rotatable bonds is 10. The molecule has 0 aliphatic rings. The predicted octanol–water partition coefficient (Wildman–Crippen LogP) is 1.26. The van der Waals surface area contributed by atoms with Gasteiger partial charge in [-0.1, -0.05) is 13.8 Å². The zero-order chi connectivity index (χ0) is 20.4. The van der Waals surface area contributed by atoms with E-state index in [-0.39, 0.29) is 35.8 Å². The van der Waals surface area contributed by atoms with Crippen LogP contribution < -0.4 is 20.1 Å². The number of nitrogens with zero attached hydrogens (tertiary/aromatic N) is 1. The Morgan fingerprint density at radius 2 is 1.96 bits per heavy atom. The molecule has 3 N–H and O–H groups in total. The van der Waals surface area contributed by atoms with Crippen molar-refractivity contribution in [3.63, 3.8) is 0 Å². The van der Waals surface area contributed by atoms with E-state index in [1.165, 1.54) is 12.1 Å². The van der Waals surface area contributed by atoms with Crippen molar-refractivity contribution in [3.05, 3.63) is 23.8 Å². The molecule has 1 rings (SSSR count). The van der Waals surface area contributed by atoms with E-state index in [9.17, 15) is 13.2 Å². The van der Waals surface area contributed by atoms with Crippen molar-refractivity contribution in [2.45, 2.75) is 45.1 Å². The molecule has 0 fully saturated rings. The summed E-state index contributed by atoms with van der Waals surface area (Å²) >= 11 is 0. The molecule has 8 nitrogen and oxygen atoms in total. The summed E-state index contributed by atoms with van der Waals surface area (Å²) in [5.74, 6) is 0.472. The van der Waals surface area contributed by atoms with E-state index in [0.717, 1.165) is 6.42 Å². The van der Waals surface area contributed by atoms with E-state index in [1.807, 2.05) is 20.8 Å². The highest BCUT2D eigenvalue weighted by Gasteiger charge is 2.20. The summed E-state index contributed by atoms with van der Waals surface area (Å²) in [6.07, 6.45) is 0.791. The molecule has 27 heavy (non-hydrogen) atoms. The fourth-order valence-corrected chi connectivity index (χ4v) is 3.30. The Labute approximate surface area is 161 Å². The van der Waals surface area contributed by atoms with Crippen LogP contribution in [0.2, 0.25) is 0 Å². The van der Waals surface area contributed by atoms with Gasteiger partial charge in [0.05, 0.1) is 23.6 Å². The van der Waals surface area contributed by atoms with Crippen LogP contribution in [0.1, 0.15) is 39.7 Å². The number of carbonyl (C=O) groups is 1. The van der Waals surface area contributed by atoms with E-state index in [2.05, 4.69) is 20.3 Å². The van der Waals surface area contributed by atoms with Gasteiger partial charge in [0.1, 0.15) is 11.6 Å². The number of aliphatic imine (C=N–C) groups is 1. The van der Waals surface area contributed by atoms with Crippen LogP contribution in [0.5, 0.6) is 5.75 Å². The Morgan fingerprint density at radius 3 is 2.52 bits per heavy atom. The fraction of sp³-hybridized carbons (Fsp3) is 0.556. The van der Waals surface area contributed by atoms with Gasteiger partial charge in [0.15, 0.2) is 0 Å². The first-order valence-corrected chi connectivity index (χ1v) is 10.5. The minimum Gasteiger partial charge on any atom is -0.493 e. The number of nitrogens with one attached hydrogen (secondary N) is 3. The maximum absolute atomic E-state index is 12.4. The molecule has 0 aromatic heterocycles. The van der Waals surface area contributed by atoms with Crippen molar-refractivity contribution >= 4 is 21.8 Å². The summed E-state index contributed by atoms with van der Waals surface area (Å²) in [4.78, 5) is 16.6. The van der Waals surface area contributed by atoms with Gasteiger partial charge in [0, 0.05) is 12.6 Å². The predicted molar refractivity (Wildman–Crippen MR) is 107 cm³/mol. The number of hydrogen-bond donors (Lipinski definition) is 3. The van der Waals surface area contributed by atoms with Gasteiger partial charge >= 0.3 is 0 Å². The number of hydrogen-bond acceptors (Lipinski definition) is 6. The van der Waals surface area contributed by atoms with E-state index in [4.69, 9.17) is 4.74 Å². The third-order valence-electron chi connectivity index (χ3n) is 3.29. The van der Waals surface area contributed by atoms with Crippen molar-refractivity contribution in [2.75, 3.05) is 26.7 Å². The molecule has 152 valence electrons. The number of benzene rings is 1. The topological polar surface area (TPSA) is 109 Å². The quantitative estimate of drug-likeness (QED) is 0.406. The average Bonchev–Trinajstić information content (AvgIpc) is 2.59. The maximum Gasteiger partial charge on any atom is 0.240 e. The maximum atomic E-state index is 12.4. The third kappa shape index (κ3) is 7.28. The Balaban J connectivity index is 3.47. The van der Waals surface area contributed by atoms with E-state index in [1.54, 1.807) is 20.0 Å². The Kier molecular flexibility index (Phi) is 9.40. The van der Waals surface area contributed by atoms with Crippen molar-refractivity contribution in [1.29, 1.82) is 0 Å². The number of ether oxygens (including phenoxy) is 1. The molecule has 1 aromatic rings. The molecule has 9 heteroatoms. The Hall–Kier alpha value is -1.97. The minimum absolute atomic E-state index is 0.0857. The zero-order valence-electron chi connectivity index (χ0n) is 16.6. The van der Waals surface area contributed by atoms with Crippen LogP contribution in [-0.2, 0) is 14.8 Å². The van der Waals surface area contributed by atoms with Gasteiger partial charge in [0.2, 0.25) is 15.9 Å². The first-order valence-electron chi connectivity index (χ1n) is 9.04. The highest BCUT2D eigenvalue weighted by Crippen LogP contribution is 2.24. The molecule has 1 aromatic carbocycles. The number of sulfonamides is 1. The van der Waals surface area contributed by atoms with Gasteiger partial charge in [0.25, 0.3) is 0 Å². The minimum atomic E-state index is -3.66. The lowest BCUT2D eigenvalue weighted by atomic mass is 10.1. The van der Waals surface area contributed by atoms with Crippen LogP contribution >= 0.6 is 0 Å². The summed E-state index contributed by atoms with van der Waals surface area (Å²) in [5, 5.41) is 5.52. The molecule has 0 radical (unpaired) electrons. The zero-order valence-corrected chi connectivity index (χ0v) is 17.4. The second-order valence-corrected chi connectivity index (χ2v) is 7.92. The van der Waals surface area contributed by atoms with Gasteiger partial charge < -0.3 is 15.4 Å². The smallest absolute Gasteiger partial charge is 0.240 e. The van der Waals surface area contributed by atoms with Crippen LogP contribution in [0.3, 0.4) is 0 Å². The Bertz CT molecular complexity index is 761. The van der Waals surface area contributed by atoms with Gasteiger partial charge in [-0.25, -0.2) is 13.1 Å². The van der Waals surface area contributed by atoms with Crippen molar-refractivity contribution in [1.82, 2.24) is 15.4 Å². The molecule has 0 bridgehead atoms. The summed E-state index contributed by atoms with van der Waals surface area (Å²) < 4.78 is 33.0. The normalized spacial score (nSPS) is 12.3. The summed E-state index contributed by atoms with van der Waals surface area (Å²) in [6, 6.07) is 4.44. The molecule has 0 aliphatic heterocycles. The molecule has 0 aliphatic carbocycles. The SMILES string of the molecule is CCCOc1ccc(S(=O)(=O)NCC)cc1C(=NC(C)C)NC(=O)CNC. The first-order chi connectivity index (χ1) is 12.7. The standard InChI is InChI=1S/C18H30N4O4S/c1-6-10-26-16-9-8-14(27(24,25)20-7-2)11-15(16)18(21-13(3)4)22-17(23)12-19-5/h8-9,11,13,19-20H,6-7,10,12H2,1-5H3,(H,21,22,23). The Morgan fingerprint density at radius 1 is 1.26 bits per heavy atom. The lowest BCUT2D eigenvalue weighted by Gasteiger charge is -2.17. The summed E-state index contributed by atoms with van der Waals surface area (Å²) in [5.41, 5.74) is 0.431. The number of amides is 1. The molecule has 0 spiro atoms. The molecule has 0 atom stereocenters. The van der Waals surface area contributed by atoms with E-state index >= 15 is 0 Å². The second kappa shape index (κ2) is 11.0.